The number of rotatable bonds is 8. The lowest BCUT2D eigenvalue weighted by atomic mass is 9.86. The number of anilines is 1. The molecule has 5 rings (SSSR count). The van der Waals surface area contributed by atoms with Crippen LogP contribution in [0.3, 0.4) is 0 Å². The summed E-state index contributed by atoms with van der Waals surface area (Å²) in [5, 5.41) is 0.658. The van der Waals surface area contributed by atoms with Crippen LogP contribution in [0.4, 0.5) is 5.69 Å². The molecule has 1 fully saturated rings. The van der Waals surface area contributed by atoms with Crippen LogP contribution >= 0.6 is 11.6 Å². The van der Waals surface area contributed by atoms with Gasteiger partial charge in [0.15, 0.2) is 11.5 Å². The van der Waals surface area contributed by atoms with E-state index in [9.17, 15) is 4.79 Å². The number of ether oxygens (including phenoxy) is 2. The first kappa shape index (κ1) is 28.5. The number of amides is 1. The summed E-state index contributed by atoms with van der Waals surface area (Å²) in [5.41, 5.74) is 11.2. The number of carbonyl (C=O) groups is 1. The standard InChI is InChI=1S/C33H40ClN3O3/c1-5-21(2)40-31-20-29-25(18-30(31)39-4)19-32(38)37(33(29)24-6-10-26(34)11-7-24)28-12-8-23(9-13-28)22(3)36-16-14-27(35)15-17-36/h6-13,18,20-22,27,33H,5,14-17,19,35H2,1-4H3. The molecule has 0 bridgehead atoms. The Morgan fingerprint density at radius 2 is 1.68 bits per heavy atom. The van der Waals surface area contributed by atoms with Crippen molar-refractivity contribution < 1.29 is 14.3 Å². The summed E-state index contributed by atoms with van der Waals surface area (Å²) in [5.74, 6) is 1.37. The van der Waals surface area contributed by atoms with Crippen molar-refractivity contribution in [1.82, 2.24) is 4.90 Å². The van der Waals surface area contributed by atoms with E-state index in [2.05, 4.69) is 49.1 Å². The maximum absolute atomic E-state index is 13.8. The molecule has 212 valence electrons. The number of hydrogen-bond donors (Lipinski definition) is 1. The van der Waals surface area contributed by atoms with E-state index in [0.29, 0.717) is 28.6 Å². The number of fused-ring (bicyclic) bond motifs is 1. The van der Waals surface area contributed by atoms with Gasteiger partial charge in [-0.1, -0.05) is 42.8 Å². The number of methoxy groups -OCH3 is 1. The molecule has 0 aromatic heterocycles. The Balaban J connectivity index is 1.54. The second-order valence-electron chi connectivity index (χ2n) is 11.1. The van der Waals surface area contributed by atoms with Gasteiger partial charge in [0.1, 0.15) is 0 Å². The Labute approximate surface area is 243 Å². The second-order valence-corrected chi connectivity index (χ2v) is 11.5. The average molecular weight is 562 g/mol. The van der Waals surface area contributed by atoms with Crippen LogP contribution in [0.2, 0.25) is 5.02 Å². The molecule has 2 aliphatic rings. The van der Waals surface area contributed by atoms with Crippen LogP contribution in [-0.2, 0) is 11.2 Å². The van der Waals surface area contributed by atoms with E-state index in [1.54, 1.807) is 7.11 Å². The molecule has 2 N–H and O–H groups in total. The largest absolute Gasteiger partial charge is 0.493 e. The minimum absolute atomic E-state index is 0.0347. The Kier molecular flexibility index (Phi) is 8.69. The van der Waals surface area contributed by atoms with Gasteiger partial charge in [0.2, 0.25) is 5.91 Å². The number of halogens is 1. The second kappa shape index (κ2) is 12.2. The number of piperidine rings is 1. The molecule has 2 aliphatic heterocycles. The van der Waals surface area contributed by atoms with Crippen molar-refractivity contribution in [2.45, 2.75) is 70.7 Å². The fourth-order valence-electron chi connectivity index (χ4n) is 5.81. The highest BCUT2D eigenvalue weighted by Crippen LogP contribution is 2.44. The summed E-state index contributed by atoms with van der Waals surface area (Å²) < 4.78 is 11.9. The molecule has 3 atom stereocenters. The van der Waals surface area contributed by atoms with Gasteiger partial charge in [0.05, 0.1) is 25.7 Å². The van der Waals surface area contributed by atoms with Gasteiger partial charge < -0.3 is 20.1 Å². The number of nitrogens with zero attached hydrogens (tertiary/aromatic N) is 2. The Morgan fingerprint density at radius 3 is 2.30 bits per heavy atom. The molecule has 3 aromatic rings. The lowest BCUT2D eigenvalue weighted by Crippen LogP contribution is -2.41. The summed E-state index contributed by atoms with van der Waals surface area (Å²) in [6.07, 6.45) is 3.25. The van der Waals surface area contributed by atoms with E-state index >= 15 is 0 Å². The Morgan fingerprint density at radius 1 is 1.00 bits per heavy atom. The van der Waals surface area contributed by atoms with Crippen LogP contribution in [0, 0.1) is 0 Å². The Hall–Kier alpha value is -3.06. The average Bonchev–Trinajstić information content (AvgIpc) is 2.97. The molecule has 6 nitrogen and oxygen atoms in total. The summed E-state index contributed by atoms with van der Waals surface area (Å²) in [6.45, 7) is 8.41. The summed E-state index contributed by atoms with van der Waals surface area (Å²) in [4.78, 5) is 18.2. The van der Waals surface area contributed by atoms with Crippen LogP contribution in [0.15, 0.2) is 60.7 Å². The van der Waals surface area contributed by atoms with Crippen molar-refractivity contribution in [3.05, 3.63) is 87.9 Å². The molecular formula is C33H40ClN3O3. The minimum Gasteiger partial charge on any atom is -0.493 e. The fourth-order valence-corrected chi connectivity index (χ4v) is 5.93. The van der Waals surface area contributed by atoms with Gasteiger partial charge in [-0.2, -0.15) is 0 Å². The molecule has 0 spiro atoms. The highest BCUT2D eigenvalue weighted by atomic mass is 35.5. The van der Waals surface area contributed by atoms with E-state index in [4.69, 9.17) is 26.8 Å². The zero-order chi connectivity index (χ0) is 28.4. The molecule has 3 aromatic carbocycles. The quantitative estimate of drug-likeness (QED) is 0.332. The molecule has 7 heteroatoms. The smallest absolute Gasteiger partial charge is 0.232 e. The molecule has 2 heterocycles. The molecule has 3 unspecified atom stereocenters. The highest BCUT2D eigenvalue weighted by Gasteiger charge is 2.36. The van der Waals surface area contributed by atoms with Gasteiger partial charge in [-0.15, -0.1) is 0 Å². The third-order valence-electron chi connectivity index (χ3n) is 8.45. The topological polar surface area (TPSA) is 68.0 Å². The maximum atomic E-state index is 13.8. The van der Waals surface area contributed by atoms with E-state index in [1.807, 2.05) is 42.2 Å². The zero-order valence-electron chi connectivity index (χ0n) is 23.9. The lowest BCUT2D eigenvalue weighted by Gasteiger charge is -2.38. The van der Waals surface area contributed by atoms with Crippen molar-refractivity contribution in [2.75, 3.05) is 25.1 Å². The van der Waals surface area contributed by atoms with Crippen LogP contribution in [0.5, 0.6) is 11.5 Å². The number of likely N-dealkylation sites (tertiary alicyclic amines) is 1. The van der Waals surface area contributed by atoms with Gasteiger partial charge in [-0.25, -0.2) is 0 Å². The highest BCUT2D eigenvalue weighted by molar-refractivity contribution is 6.30. The fraction of sp³-hybridized carbons (Fsp3) is 0.424. The molecule has 0 radical (unpaired) electrons. The van der Waals surface area contributed by atoms with Crippen LogP contribution < -0.4 is 20.1 Å². The van der Waals surface area contributed by atoms with Gasteiger partial charge in [0, 0.05) is 35.9 Å². The summed E-state index contributed by atoms with van der Waals surface area (Å²) in [7, 11) is 1.64. The van der Waals surface area contributed by atoms with Crippen molar-refractivity contribution in [3.63, 3.8) is 0 Å². The summed E-state index contributed by atoms with van der Waals surface area (Å²) >= 11 is 6.26. The van der Waals surface area contributed by atoms with Crippen molar-refractivity contribution in [3.8, 4) is 11.5 Å². The number of hydrogen-bond acceptors (Lipinski definition) is 5. The number of benzene rings is 3. The van der Waals surface area contributed by atoms with Crippen LogP contribution in [0.1, 0.15) is 74.4 Å². The van der Waals surface area contributed by atoms with Crippen molar-refractivity contribution in [1.29, 1.82) is 0 Å². The maximum Gasteiger partial charge on any atom is 0.232 e. The van der Waals surface area contributed by atoms with Crippen LogP contribution in [-0.4, -0.2) is 43.2 Å². The predicted molar refractivity (Wildman–Crippen MR) is 161 cm³/mol. The molecule has 1 saturated heterocycles. The van der Waals surface area contributed by atoms with Crippen LogP contribution in [0.25, 0.3) is 0 Å². The monoisotopic (exact) mass is 561 g/mol. The third-order valence-corrected chi connectivity index (χ3v) is 8.71. The van der Waals surface area contributed by atoms with Gasteiger partial charge >= 0.3 is 0 Å². The number of nitrogens with two attached hydrogens (primary N) is 1. The minimum atomic E-state index is -0.328. The molecular weight excluding hydrogens is 522 g/mol. The zero-order valence-corrected chi connectivity index (χ0v) is 24.7. The van der Waals surface area contributed by atoms with E-state index in [1.165, 1.54) is 5.56 Å². The third kappa shape index (κ3) is 5.85. The van der Waals surface area contributed by atoms with Gasteiger partial charge in [-0.05, 0) is 91.8 Å². The van der Waals surface area contributed by atoms with Gasteiger partial charge in [0.25, 0.3) is 0 Å². The lowest BCUT2D eigenvalue weighted by molar-refractivity contribution is -0.118. The molecule has 1 amide bonds. The van der Waals surface area contributed by atoms with Crippen molar-refractivity contribution in [2.24, 2.45) is 5.73 Å². The van der Waals surface area contributed by atoms with E-state index in [-0.39, 0.29) is 24.5 Å². The molecule has 0 saturated carbocycles. The normalized spacial score (nSPS) is 19.7. The first-order chi connectivity index (χ1) is 19.3. The SMILES string of the molecule is CCC(C)Oc1cc2c(cc1OC)CC(=O)N(c1ccc(C(C)N3CCC(N)CC3)cc1)C2c1ccc(Cl)cc1. The van der Waals surface area contributed by atoms with E-state index in [0.717, 1.165) is 54.7 Å². The Bertz CT molecular complexity index is 1320. The predicted octanol–water partition coefficient (Wildman–Crippen LogP) is 6.69. The first-order valence-electron chi connectivity index (χ1n) is 14.3. The van der Waals surface area contributed by atoms with Crippen molar-refractivity contribution >= 4 is 23.2 Å². The summed E-state index contributed by atoms with van der Waals surface area (Å²) in [6, 6.07) is 20.5. The molecule has 40 heavy (non-hydrogen) atoms. The first-order valence-corrected chi connectivity index (χ1v) is 14.7. The van der Waals surface area contributed by atoms with Gasteiger partial charge in [-0.3, -0.25) is 9.69 Å². The molecule has 0 aliphatic carbocycles. The number of carbonyl (C=O) groups excluding carboxylic acids is 1. The van der Waals surface area contributed by atoms with E-state index < -0.39 is 0 Å².